The summed E-state index contributed by atoms with van der Waals surface area (Å²) in [5.41, 5.74) is 0. The molecule has 0 aromatic heterocycles. The van der Waals surface area contributed by atoms with Crippen LogP contribution in [-0.2, 0) is 0 Å². The van der Waals surface area contributed by atoms with Crippen LogP contribution in [0.25, 0.3) is 0 Å². The molecule has 0 saturated carbocycles. The van der Waals surface area contributed by atoms with Crippen LogP contribution < -0.4 is 0 Å². The maximum atomic E-state index is 2.41. The molecule has 0 aromatic carbocycles. The van der Waals surface area contributed by atoms with Gasteiger partial charge in [-0.1, -0.05) is 0 Å². The van der Waals surface area contributed by atoms with Crippen molar-refractivity contribution in [2.75, 3.05) is 8.86 Å². The Kier molecular flexibility index (Phi) is 2.78. The van der Waals surface area contributed by atoms with Gasteiger partial charge in [0, 0.05) is 0 Å². The molecule has 1 aliphatic rings. The Labute approximate surface area is 71.5 Å². The van der Waals surface area contributed by atoms with Gasteiger partial charge in [0.2, 0.25) is 0 Å². The number of halogens is 1. The summed E-state index contributed by atoms with van der Waals surface area (Å²) in [5.74, 6) is 0. The summed E-state index contributed by atoms with van der Waals surface area (Å²) >= 11 is -0.570. The van der Waals surface area contributed by atoms with Gasteiger partial charge in [0.05, 0.1) is 0 Å². The summed E-state index contributed by atoms with van der Waals surface area (Å²) in [6.45, 7) is 7.24. The van der Waals surface area contributed by atoms with E-state index in [9.17, 15) is 0 Å². The van der Waals surface area contributed by atoms with Crippen LogP contribution in [0, 0.1) is 0 Å². The number of rotatable bonds is 0. The fraction of sp³-hybridized carbons (Fsp3) is 0.778. The molecule has 0 radical (unpaired) electrons. The Morgan fingerprint density at radius 1 is 1.20 bits per heavy atom. The van der Waals surface area contributed by atoms with Gasteiger partial charge in [0.15, 0.2) is 0 Å². The van der Waals surface area contributed by atoms with E-state index in [1.807, 2.05) is 0 Å². The Hall–Kier alpha value is 0.470. The molecule has 1 heterocycles. The summed E-state index contributed by atoms with van der Waals surface area (Å²) in [6, 6.07) is 0. The predicted octanol–water partition coefficient (Wildman–Crippen LogP) is 3.25. The molecule has 1 aliphatic heterocycles. The van der Waals surface area contributed by atoms with Gasteiger partial charge in [-0.05, 0) is 0 Å². The van der Waals surface area contributed by atoms with E-state index in [0.717, 1.165) is 0 Å². The average molecular weight is 252 g/mol. The zero-order valence-electron chi connectivity index (χ0n) is 7.15. The minimum absolute atomic E-state index is 0.570. The van der Waals surface area contributed by atoms with E-state index in [1.165, 1.54) is 10.8 Å². The van der Waals surface area contributed by atoms with Crippen LogP contribution in [0.1, 0.15) is 27.2 Å². The van der Waals surface area contributed by atoms with E-state index in [-0.39, 0.29) is 0 Å². The summed E-state index contributed by atoms with van der Waals surface area (Å²) in [4.78, 5) is 0. The molecule has 0 amide bonds. The van der Waals surface area contributed by atoms with Crippen molar-refractivity contribution < 1.29 is 0 Å². The predicted molar refractivity (Wildman–Crippen MR) is 57.3 cm³/mol. The van der Waals surface area contributed by atoms with Crippen LogP contribution in [0.3, 0.4) is 0 Å². The minimum atomic E-state index is -0.570. The average Bonchev–Trinajstić information content (AvgIpc) is 1.88. The van der Waals surface area contributed by atoms with E-state index >= 15 is 0 Å². The Bertz CT molecular complexity index is 130. The topological polar surface area (TPSA) is 0 Å². The van der Waals surface area contributed by atoms with Gasteiger partial charge in [-0.2, -0.15) is 0 Å². The molecular formula is C9H17I. The Morgan fingerprint density at radius 3 is 2.20 bits per heavy atom. The molecule has 0 bridgehead atoms. The zero-order chi connectivity index (χ0) is 7.61. The molecule has 60 valence electrons. The molecule has 1 rings (SSSR count). The first-order valence-corrected chi connectivity index (χ1v) is 8.00. The number of alkyl halides is 3. The summed E-state index contributed by atoms with van der Waals surface area (Å²) < 4.78 is 3.67. The first kappa shape index (κ1) is 8.57. The van der Waals surface area contributed by atoms with Gasteiger partial charge in [0.25, 0.3) is 0 Å². The second kappa shape index (κ2) is 3.24. The van der Waals surface area contributed by atoms with E-state index in [1.54, 1.807) is 4.43 Å². The summed E-state index contributed by atoms with van der Waals surface area (Å²) in [5, 5.41) is 0. The van der Waals surface area contributed by atoms with Gasteiger partial charge in [0.1, 0.15) is 0 Å². The van der Waals surface area contributed by atoms with E-state index in [0.29, 0.717) is 3.42 Å². The molecule has 1 heteroatoms. The zero-order valence-corrected chi connectivity index (χ0v) is 9.31. The van der Waals surface area contributed by atoms with Crippen LogP contribution in [0.5, 0.6) is 0 Å². The van der Waals surface area contributed by atoms with Crippen LogP contribution >= 0.6 is 19.8 Å². The van der Waals surface area contributed by atoms with Crippen LogP contribution in [0.2, 0.25) is 0 Å². The Balaban J connectivity index is 2.49. The second-order valence-electron chi connectivity index (χ2n) is 3.63. The van der Waals surface area contributed by atoms with E-state index < -0.39 is 19.8 Å². The second-order valence-corrected chi connectivity index (χ2v) is 11.4. The molecule has 0 saturated heterocycles. The van der Waals surface area contributed by atoms with Gasteiger partial charge in [-0.15, -0.1) is 0 Å². The molecule has 0 aromatic rings. The summed E-state index contributed by atoms with van der Waals surface area (Å²) in [6.07, 6.45) is 6.11. The fourth-order valence-corrected chi connectivity index (χ4v) is 6.54. The van der Waals surface area contributed by atoms with Crippen molar-refractivity contribution in [1.82, 2.24) is 0 Å². The van der Waals surface area contributed by atoms with Crippen molar-refractivity contribution in [1.29, 1.82) is 0 Å². The molecule has 0 nitrogen and oxygen atoms in total. The van der Waals surface area contributed by atoms with Gasteiger partial charge in [-0.25, -0.2) is 0 Å². The Morgan fingerprint density at radius 2 is 1.90 bits per heavy atom. The maximum absolute atomic E-state index is 2.41. The third-order valence-electron chi connectivity index (χ3n) is 1.75. The SMILES string of the molecule is CC(C)(C)I1CC=CCC1. The van der Waals surface area contributed by atoms with Crippen molar-refractivity contribution in [2.24, 2.45) is 0 Å². The molecule has 0 spiro atoms. The molecular weight excluding hydrogens is 235 g/mol. The van der Waals surface area contributed by atoms with Gasteiger partial charge >= 0.3 is 71.4 Å². The third-order valence-corrected chi connectivity index (χ3v) is 9.82. The third kappa shape index (κ3) is 2.26. The standard InChI is InChI=1S/C9H17I/c1-9(2,3)10-7-5-4-6-8-10/h4-5H,6-8H2,1-3H3. The molecule has 10 heavy (non-hydrogen) atoms. The van der Waals surface area contributed by atoms with Crippen molar-refractivity contribution in [3.63, 3.8) is 0 Å². The molecule has 0 fully saturated rings. The van der Waals surface area contributed by atoms with Crippen molar-refractivity contribution in [3.8, 4) is 0 Å². The van der Waals surface area contributed by atoms with Crippen molar-refractivity contribution in [3.05, 3.63) is 12.2 Å². The normalized spacial score (nSPS) is 23.3. The van der Waals surface area contributed by atoms with E-state index in [4.69, 9.17) is 0 Å². The van der Waals surface area contributed by atoms with Crippen molar-refractivity contribution >= 4 is 19.8 Å². The monoisotopic (exact) mass is 252 g/mol. The summed E-state index contributed by atoms with van der Waals surface area (Å²) in [7, 11) is 0. The fourth-order valence-electron chi connectivity index (χ4n) is 1.08. The number of allylic oxidation sites excluding steroid dienone is 2. The molecule has 0 unspecified atom stereocenters. The number of hydrogen-bond donors (Lipinski definition) is 0. The van der Waals surface area contributed by atoms with Gasteiger partial charge in [-0.3, -0.25) is 0 Å². The van der Waals surface area contributed by atoms with Crippen LogP contribution in [0.15, 0.2) is 12.2 Å². The van der Waals surface area contributed by atoms with Crippen LogP contribution in [-0.4, -0.2) is 12.3 Å². The van der Waals surface area contributed by atoms with E-state index in [2.05, 4.69) is 32.9 Å². The molecule has 0 N–H and O–H groups in total. The first-order chi connectivity index (χ1) is 4.61. The van der Waals surface area contributed by atoms with Crippen molar-refractivity contribution in [2.45, 2.75) is 30.6 Å². The quantitative estimate of drug-likeness (QED) is 0.352. The molecule has 0 aliphatic carbocycles. The van der Waals surface area contributed by atoms with Gasteiger partial charge < -0.3 is 0 Å². The first-order valence-electron chi connectivity index (χ1n) is 3.87. The van der Waals surface area contributed by atoms with Crippen LogP contribution in [0.4, 0.5) is 0 Å². The number of hydrogen-bond acceptors (Lipinski definition) is 0. The molecule has 0 atom stereocenters.